The van der Waals surface area contributed by atoms with Crippen LogP contribution in [0.4, 0.5) is 0 Å². The molecule has 10 atom stereocenters. The van der Waals surface area contributed by atoms with Gasteiger partial charge in [-0.1, -0.05) is 58.0 Å². The summed E-state index contributed by atoms with van der Waals surface area (Å²) in [6.07, 6.45) is 1.59. The highest BCUT2D eigenvalue weighted by atomic mass is 16.5. The molecule has 4 fully saturated rings. The Morgan fingerprint density at radius 1 is 1.06 bits per heavy atom. The van der Waals surface area contributed by atoms with Crippen molar-refractivity contribution in [3.05, 3.63) is 42.0 Å². The van der Waals surface area contributed by atoms with Gasteiger partial charge in [0, 0.05) is 11.5 Å². The van der Waals surface area contributed by atoms with Crippen LogP contribution in [0, 0.1) is 39.9 Å². The molecule has 4 aliphatic rings. The lowest BCUT2D eigenvalue weighted by Gasteiger charge is -2.59. The van der Waals surface area contributed by atoms with Crippen molar-refractivity contribution in [3.8, 4) is 0 Å². The summed E-state index contributed by atoms with van der Waals surface area (Å²) in [4.78, 5) is 26.9. The van der Waals surface area contributed by atoms with Gasteiger partial charge in [0.25, 0.3) is 0 Å². The molecule has 190 valence electrons. The molecule has 0 spiro atoms. The predicted octanol–water partition coefficient (Wildman–Crippen LogP) is 3.38. The predicted molar refractivity (Wildman–Crippen MR) is 131 cm³/mol. The minimum Gasteiger partial charge on any atom is -0.458 e. The largest absolute Gasteiger partial charge is 0.458 e. The molecule has 0 amide bonds. The molecule has 35 heavy (non-hydrogen) atoms. The van der Waals surface area contributed by atoms with E-state index in [0.29, 0.717) is 6.42 Å². The second-order valence-corrected chi connectivity index (χ2v) is 12.6. The first-order valence-electron chi connectivity index (χ1n) is 12.9. The van der Waals surface area contributed by atoms with Gasteiger partial charge in [-0.25, -0.2) is 4.79 Å². The smallest absolute Gasteiger partial charge is 0.331 e. The Hall–Kier alpha value is -2.02. The van der Waals surface area contributed by atoms with E-state index < -0.39 is 52.4 Å². The second-order valence-electron chi connectivity index (χ2n) is 12.6. The van der Waals surface area contributed by atoms with Gasteiger partial charge < -0.3 is 20.1 Å². The number of fused-ring (bicyclic) bond motifs is 3. The number of rotatable bonds is 3. The van der Waals surface area contributed by atoms with E-state index in [1.165, 1.54) is 6.08 Å². The van der Waals surface area contributed by atoms with Crippen LogP contribution in [0.5, 0.6) is 0 Å². The van der Waals surface area contributed by atoms with Crippen molar-refractivity contribution < 1.29 is 29.6 Å². The monoisotopic (exact) mass is 482 g/mol. The van der Waals surface area contributed by atoms with Crippen molar-refractivity contribution in [3.63, 3.8) is 0 Å². The molecule has 6 heteroatoms. The molecule has 0 heterocycles. The summed E-state index contributed by atoms with van der Waals surface area (Å²) in [6, 6.07) is 9.38. The van der Waals surface area contributed by atoms with Crippen molar-refractivity contribution in [2.75, 3.05) is 0 Å². The zero-order valence-corrected chi connectivity index (χ0v) is 21.3. The minimum absolute atomic E-state index is 0.0406. The first kappa shape index (κ1) is 24.7. The molecule has 5 rings (SSSR count). The molecule has 0 aromatic heterocycles. The third-order valence-electron chi connectivity index (χ3n) is 10.7. The van der Waals surface area contributed by atoms with E-state index in [1.54, 1.807) is 13.0 Å². The highest BCUT2D eigenvalue weighted by Crippen LogP contribution is 2.73. The van der Waals surface area contributed by atoms with Gasteiger partial charge in [0.2, 0.25) is 0 Å². The molecule has 6 nitrogen and oxygen atoms in total. The lowest BCUT2D eigenvalue weighted by molar-refractivity contribution is -0.231. The van der Waals surface area contributed by atoms with Crippen LogP contribution in [-0.2, 0) is 14.3 Å². The van der Waals surface area contributed by atoms with Crippen LogP contribution >= 0.6 is 0 Å². The molecule has 4 aliphatic carbocycles. The van der Waals surface area contributed by atoms with Gasteiger partial charge in [0.1, 0.15) is 11.7 Å². The number of ketones is 1. The van der Waals surface area contributed by atoms with Crippen LogP contribution in [0.3, 0.4) is 0 Å². The topological polar surface area (TPSA) is 104 Å². The first-order valence-corrected chi connectivity index (χ1v) is 12.9. The van der Waals surface area contributed by atoms with Crippen LogP contribution in [0.2, 0.25) is 0 Å². The maximum Gasteiger partial charge on any atom is 0.331 e. The fourth-order valence-electron chi connectivity index (χ4n) is 8.22. The SMILES string of the molecule is C[C@H]1C[C@]2(O)C(=O)[C@@]3(C)[C@H](O)C4C(CC[C@@]3(C)[C@H](O)C2[C@H]1OC(=O)/C=C/c1ccccc1)C4(C)C. The summed E-state index contributed by atoms with van der Waals surface area (Å²) >= 11 is 0. The highest BCUT2D eigenvalue weighted by Gasteiger charge is 2.79. The molecule has 1 aromatic rings. The van der Waals surface area contributed by atoms with E-state index in [-0.39, 0.29) is 29.6 Å². The molecule has 0 bridgehead atoms. The number of aliphatic hydroxyl groups excluding tert-OH is 2. The number of carbonyl (C=O) groups is 2. The molecule has 3 N–H and O–H groups in total. The Labute approximate surface area is 207 Å². The minimum atomic E-state index is -1.86. The molecule has 0 aliphatic heterocycles. The molecule has 3 unspecified atom stereocenters. The maximum atomic E-state index is 14.2. The van der Waals surface area contributed by atoms with Crippen LogP contribution < -0.4 is 0 Å². The Bertz CT molecular complexity index is 1060. The van der Waals surface area contributed by atoms with E-state index in [4.69, 9.17) is 4.74 Å². The van der Waals surface area contributed by atoms with Crippen molar-refractivity contribution in [2.24, 2.45) is 39.9 Å². The number of hydrogen-bond donors (Lipinski definition) is 3. The standard InChI is InChI=1S/C29H38O6/c1-16-15-29(34)21(22(16)35-19(30)12-11-17-9-7-6-8-10-17)23(31)27(4)14-13-18-20(26(18,2)3)24(32)28(27,5)25(29)33/h6-12,16,18,20-24,31-32,34H,13-15H2,1-5H3/b12-11+/t16-,18?,20?,21?,22-,23+,24+,27-,28+,29+/m0/s1. The Kier molecular flexibility index (Phi) is 5.45. The van der Waals surface area contributed by atoms with E-state index in [2.05, 4.69) is 13.8 Å². The summed E-state index contributed by atoms with van der Waals surface area (Å²) in [5.74, 6) is -2.01. The van der Waals surface area contributed by atoms with Crippen LogP contribution in [0.25, 0.3) is 6.08 Å². The van der Waals surface area contributed by atoms with Crippen LogP contribution in [-0.4, -0.2) is 51.0 Å². The summed E-state index contributed by atoms with van der Waals surface area (Å²) in [5, 5.41) is 35.3. The summed E-state index contributed by atoms with van der Waals surface area (Å²) in [5.41, 5.74) is -3.32. The van der Waals surface area contributed by atoms with Gasteiger partial charge in [-0.3, -0.25) is 4.79 Å². The zero-order chi connectivity index (χ0) is 25.6. The van der Waals surface area contributed by atoms with E-state index in [0.717, 1.165) is 12.0 Å². The van der Waals surface area contributed by atoms with Gasteiger partial charge in [0.15, 0.2) is 5.78 Å². The average Bonchev–Trinajstić information content (AvgIpc) is 3.30. The van der Waals surface area contributed by atoms with E-state index in [9.17, 15) is 24.9 Å². The van der Waals surface area contributed by atoms with Gasteiger partial charge in [-0.2, -0.15) is 0 Å². The number of Topliss-reactive ketones (excluding diaryl/α,β-unsaturated/α-hetero) is 1. The maximum absolute atomic E-state index is 14.2. The van der Waals surface area contributed by atoms with Gasteiger partial charge in [0.05, 0.1) is 23.5 Å². The molecule has 0 saturated heterocycles. The lowest BCUT2D eigenvalue weighted by atomic mass is 9.46. The molecule has 1 aromatic carbocycles. The van der Waals surface area contributed by atoms with Crippen LogP contribution in [0.1, 0.15) is 59.4 Å². The van der Waals surface area contributed by atoms with Crippen molar-refractivity contribution in [1.29, 1.82) is 0 Å². The van der Waals surface area contributed by atoms with Crippen LogP contribution in [0.15, 0.2) is 36.4 Å². The van der Waals surface area contributed by atoms with E-state index in [1.807, 2.05) is 44.2 Å². The number of ether oxygens (including phenoxy) is 1. The van der Waals surface area contributed by atoms with Crippen molar-refractivity contribution in [1.82, 2.24) is 0 Å². The normalized spacial score (nSPS) is 48.0. The van der Waals surface area contributed by atoms with Crippen molar-refractivity contribution >= 4 is 17.8 Å². The summed E-state index contributed by atoms with van der Waals surface area (Å²) in [6.45, 7) is 9.68. The first-order chi connectivity index (χ1) is 16.3. The molecular weight excluding hydrogens is 444 g/mol. The van der Waals surface area contributed by atoms with E-state index >= 15 is 0 Å². The second kappa shape index (κ2) is 7.74. The van der Waals surface area contributed by atoms with Gasteiger partial charge in [-0.15, -0.1) is 0 Å². The van der Waals surface area contributed by atoms with Gasteiger partial charge >= 0.3 is 5.97 Å². The third-order valence-corrected chi connectivity index (χ3v) is 10.7. The van der Waals surface area contributed by atoms with Crippen molar-refractivity contribution in [2.45, 2.75) is 77.8 Å². The quantitative estimate of drug-likeness (QED) is 0.451. The summed E-state index contributed by atoms with van der Waals surface area (Å²) < 4.78 is 5.82. The number of hydrogen-bond acceptors (Lipinski definition) is 6. The Morgan fingerprint density at radius 2 is 1.71 bits per heavy atom. The molecular formula is C29H38O6. The highest BCUT2D eigenvalue weighted by molar-refractivity contribution is 5.96. The van der Waals surface area contributed by atoms with Gasteiger partial charge in [-0.05, 0) is 61.0 Å². The summed E-state index contributed by atoms with van der Waals surface area (Å²) in [7, 11) is 0. The third kappa shape index (κ3) is 3.19. The lowest BCUT2D eigenvalue weighted by Crippen LogP contribution is -2.72. The Morgan fingerprint density at radius 3 is 2.37 bits per heavy atom. The molecule has 0 radical (unpaired) electrons. The number of esters is 1. The fraction of sp³-hybridized carbons (Fsp3) is 0.655. The number of carbonyl (C=O) groups excluding carboxylic acids is 2. The average molecular weight is 483 g/mol. The zero-order valence-electron chi connectivity index (χ0n) is 21.3. The Balaban J connectivity index is 1.46. The fourth-order valence-corrected chi connectivity index (χ4v) is 8.22. The number of aliphatic hydroxyl groups is 3. The number of benzene rings is 1. The molecule has 4 saturated carbocycles.